The van der Waals surface area contributed by atoms with Crippen LogP contribution in [0.1, 0.15) is 139 Å². The van der Waals surface area contributed by atoms with Crippen molar-refractivity contribution >= 4 is 18.0 Å². The highest BCUT2D eigenvalue weighted by molar-refractivity contribution is 5.88. The monoisotopic (exact) mass is 741 g/mol. The third-order valence-corrected chi connectivity index (χ3v) is 15.1. The second-order valence-corrected chi connectivity index (χ2v) is 19.1. The third kappa shape index (κ3) is 6.75. The molecule has 11 atom stereocenters. The molecule has 292 valence electrons. The summed E-state index contributed by atoms with van der Waals surface area (Å²) in [7, 11) is 0. The summed E-state index contributed by atoms with van der Waals surface area (Å²) < 4.78 is 17.1. The van der Waals surface area contributed by atoms with Crippen LogP contribution in [0.15, 0.2) is 36.4 Å². The molecule has 9 heteroatoms. The minimum Gasteiger partial charge on any atom is -0.444 e. The van der Waals surface area contributed by atoms with Crippen LogP contribution in [-0.4, -0.2) is 52.1 Å². The van der Waals surface area contributed by atoms with E-state index < -0.39 is 36.1 Å². The van der Waals surface area contributed by atoms with Crippen molar-refractivity contribution < 1.29 is 38.8 Å². The van der Waals surface area contributed by atoms with Crippen molar-refractivity contribution in [3.63, 3.8) is 0 Å². The van der Waals surface area contributed by atoms with Crippen molar-refractivity contribution in [2.75, 3.05) is 0 Å². The first-order chi connectivity index (χ1) is 25.6. The maximum atomic E-state index is 13.7. The number of benzene rings is 2. The van der Waals surface area contributed by atoms with E-state index in [2.05, 4.69) is 31.3 Å². The zero-order valence-corrected chi connectivity index (χ0v) is 32.7. The molecule has 0 heterocycles. The molecule has 2 aromatic rings. The highest BCUT2D eigenvalue weighted by Crippen LogP contribution is 2.62. The molecule has 2 aromatic carbocycles. The summed E-state index contributed by atoms with van der Waals surface area (Å²) in [4.78, 5) is 40.0. The third-order valence-electron chi connectivity index (χ3n) is 15.1. The predicted molar refractivity (Wildman–Crippen MR) is 203 cm³/mol. The van der Waals surface area contributed by atoms with Gasteiger partial charge in [0.25, 0.3) is 0 Å². The molecule has 11 unspecified atom stereocenters. The zero-order valence-electron chi connectivity index (χ0n) is 32.7. The van der Waals surface area contributed by atoms with E-state index in [0.29, 0.717) is 47.0 Å². The van der Waals surface area contributed by atoms with Crippen molar-refractivity contribution in [3.05, 3.63) is 58.7 Å². The van der Waals surface area contributed by atoms with E-state index in [1.165, 1.54) is 22.3 Å². The quantitative estimate of drug-likeness (QED) is 0.201. The van der Waals surface area contributed by atoms with Crippen molar-refractivity contribution in [1.29, 1.82) is 0 Å². The highest BCUT2D eigenvalue weighted by Gasteiger charge is 2.55. The Morgan fingerprint density at radius 3 is 1.74 bits per heavy atom. The molecule has 8 rings (SSSR count). The lowest BCUT2D eigenvalue weighted by Gasteiger charge is -2.50. The lowest BCUT2D eigenvalue weighted by atomic mass is 9.55. The van der Waals surface area contributed by atoms with Crippen LogP contribution < -0.4 is 14.8 Å². The van der Waals surface area contributed by atoms with Crippen LogP contribution >= 0.6 is 0 Å². The van der Waals surface area contributed by atoms with Gasteiger partial charge in [0.2, 0.25) is 0 Å². The molecular weight excluding hydrogens is 682 g/mol. The fraction of sp³-hybridized carbons (Fsp3) is 0.667. The molecular formula is C45H59NO8. The number of carbonyl (C=O) groups excluding carboxylic acids is 3. The number of amides is 1. The van der Waals surface area contributed by atoms with Crippen LogP contribution in [0.2, 0.25) is 0 Å². The van der Waals surface area contributed by atoms with Crippen molar-refractivity contribution in [3.8, 4) is 11.5 Å². The molecule has 0 radical (unpaired) electrons. The summed E-state index contributed by atoms with van der Waals surface area (Å²) in [5, 5.41) is 24.1. The van der Waals surface area contributed by atoms with Crippen LogP contribution in [-0.2, 0) is 27.2 Å². The van der Waals surface area contributed by atoms with Crippen molar-refractivity contribution in [1.82, 2.24) is 5.32 Å². The zero-order chi connectivity index (χ0) is 38.2. The SMILES string of the molecule is CC(C)(C)OC(=O)NC(CC(=O)Oc1ccc2c(c1)CCC1C2CCC2(C)C(O)CCC12)C(=O)Oc1ccc2c(c1)CCC1C2CCC2(C)C(O)CCC12. The molecule has 4 fully saturated rings. The summed E-state index contributed by atoms with van der Waals surface area (Å²) in [6, 6.07) is 10.4. The number of aliphatic hydroxyl groups excluding tert-OH is 2. The summed E-state index contributed by atoms with van der Waals surface area (Å²) in [5.74, 6) is 2.43. The Kier molecular flexibility index (Phi) is 9.68. The number of carbonyl (C=O) groups is 3. The summed E-state index contributed by atoms with van der Waals surface area (Å²) in [6.45, 7) is 9.74. The minimum atomic E-state index is -1.32. The van der Waals surface area contributed by atoms with Crippen molar-refractivity contribution in [2.45, 2.75) is 154 Å². The van der Waals surface area contributed by atoms with Gasteiger partial charge < -0.3 is 29.7 Å². The minimum absolute atomic E-state index is 0.00788. The maximum Gasteiger partial charge on any atom is 0.408 e. The van der Waals surface area contributed by atoms with E-state index in [1.807, 2.05) is 24.3 Å². The average Bonchev–Trinajstić information content (AvgIpc) is 3.60. The molecule has 6 aliphatic carbocycles. The molecule has 1 amide bonds. The second-order valence-electron chi connectivity index (χ2n) is 19.1. The maximum absolute atomic E-state index is 13.7. The lowest BCUT2D eigenvalue weighted by Crippen LogP contribution is -2.46. The van der Waals surface area contributed by atoms with Crippen LogP contribution in [0.5, 0.6) is 11.5 Å². The lowest BCUT2D eigenvalue weighted by molar-refractivity contribution is -0.142. The topological polar surface area (TPSA) is 131 Å². The number of ether oxygens (including phenoxy) is 3. The van der Waals surface area contributed by atoms with E-state index in [0.717, 1.165) is 77.0 Å². The average molecular weight is 742 g/mol. The van der Waals surface area contributed by atoms with Gasteiger partial charge in [0.15, 0.2) is 0 Å². The molecule has 4 saturated carbocycles. The van der Waals surface area contributed by atoms with Gasteiger partial charge >= 0.3 is 18.0 Å². The fourth-order valence-electron chi connectivity index (χ4n) is 12.4. The number of aliphatic hydroxyl groups is 2. The van der Waals surface area contributed by atoms with E-state index in [4.69, 9.17) is 14.2 Å². The number of esters is 2. The number of nitrogens with one attached hydrogen (secondary N) is 1. The van der Waals surface area contributed by atoms with E-state index >= 15 is 0 Å². The smallest absolute Gasteiger partial charge is 0.408 e. The number of hydrogen-bond acceptors (Lipinski definition) is 8. The summed E-state index contributed by atoms with van der Waals surface area (Å²) in [5.41, 5.74) is 4.20. The first-order valence-corrected chi connectivity index (χ1v) is 20.7. The Bertz CT molecular complexity index is 1800. The Labute approximate surface area is 319 Å². The van der Waals surface area contributed by atoms with Gasteiger partial charge in [0, 0.05) is 0 Å². The highest BCUT2D eigenvalue weighted by atomic mass is 16.6. The van der Waals surface area contributed by atoms with Gasteiger partial charge in [-0.3, -0.25) is 4.79 Å². The van der Waals surface area contributed by atoms with Gasteiger partial charge in [-0.2, -0.15) is 0 Å². The van der Waals surface area contributed by atoms with Crippen LogP contribution in [0, 0.1) is 34.5 Å². The van der Waals surface area contributed by atoms with E-state index in [1.54, 1.807) is 20.8 Å². The normalized spacial score (nSPS) is 35.5. The van der Waals surface area contributed by atoms with Gasteiger partial charge in [0.05, 0.1) is 18.6 Å². The second kappa shape index (κ2) is 13.9. The Balaban J connectivity index is 0.940. The van der Waals surface area contributed by atoms with Gasteiger partial charge in [0.1, 0.15) is 23.1 Å². The van der Waals surface area contributed by atoms with Gasteiger partial charge in [-0.25, -0.2) is 9.59 Å². The van der Waals surface area contributed by atoms with Crippen LogP contribution in [0.3, 0.4) is 0 Å². The number of fused-ring (bicyclic) bond motifs is 10. The molecule has 0 spiro atoms. The number of rotatable bonds is 6. The molecule has 0 bridgehead atoms. The Morgan fingerprint density at radius 1 is 0.741 bits per heavy atom. The largest absolute Gasteiger partial charge is 0.444 e. The Morgan fingerprint density at radius 2 is 1.24 bits per heavy atom. The van der Waals surface area contributed by atoms with Crippen molar-refractivity contribution in [2.24, 2.45) is 34.5 Å². The van der Waals surface area contributed by atoms with Gasteiger partial charge in [-0.15, -0.1) is 0 Å². The molecule has 3 N–H and O–H groups in total. The first-order valence-electron chi connectivity index (χ1n) is 20.7. The van der Waals surface area contributed by atoms with E-state index in [9.17, 15) is 24.6 Å². The summed E-state index contributed by atoms with van der Waals surface area (Å²) in [6.07, 6.45) is 10.3. The molecule has 54 heavy (non-hydrogen) atoms. The predicted octanol–water partition coefficient (Wildman–Crippen LogP) is 7.92. The number of aryl methyl sites for hydroxylation is 2. The van der Waals surface area contributed by atoms with Gasteiger partial charge in [-0.1, -0.05) is 26.0 Å². The molecule has 0 aromatic heterocycles. The fourth-order valence-corrected chi connectivity index (χ4v) is 12.4. The standard InChI is InChI=1S/C45H59NO8/c1-43(2,3)54-42(51)46-37(41(50)53-28-9-13-30-26(23-28)7-11-34-32(30)19-21-45(5)36(34)15-17-39(45)48)24-40(49)52-27-8-12-29-25(22-27)6-10-33-31(29)18-20-44(4)35(33)14-16-38(44)47/h8-9,12-13,22-23,31-39,47-48H,6-7,10-11,14-21,24H2,1-5H3,(H,46,51). The number of hydrogen-bond donors (Lipinski definition) is 3. The number of alkyl carbamates (subject to hydrolysis) is 1. The summed E-state index contributed by atoms with van der Waals surface area (Å²) >= 11 is 0. The molecule has 0 saturated heterocycles. The molecule has 9 nitrogen and oxygen atoms in total. The van der Waals surface area contributed by atoms with E-state index in [-0.39, 0.29) is 23.0 Å². The molecule has 6 aliphatic rings. The Hall–Kier alpha value is -3.43. The van der Waals surface area contributed by atoms with Crippen LogP contribution in [0.4, 0.5) is 4.79 Å². The first kappa shape index (κ1) is 37.5. The van der Waals surface area contributed by atoms with Gasteiger partial charge in [-0.05, 0) is 191 Å². The van der Waals surface area contributed by atoms with Crippen LogP contribution in [0.25, 0.3) is 0 Å². The molecule has 0 aliphatic heterocycles.